The van der Waals surface area contributed by atoms with Gasteiger partial charge in [-0.1, -0.05) is 23.7 Å². The zero-order chi connectivity index (χ0) is 15.2. The molecule has 5 nitrogen and oxygen atoms in total. The minimum Gasteiger partial charge on any atom is -0.481 e. The van der Waals surface area contributed by atoms with Crippen LogP contribution in [-0.2, 0) is 11.3 Å². The molecule has 2 rings (SSSR count). The molecule has 1 N–H and O–H groups in total. The number of aliphatic carboxylic acids is 1. The summed E-state index contributed by atoms with van der Waals surface area (Å²) in [7, 11) is 1.55. The van der Waals surface area contributed by atoms with Gasteiger partial charge in [-0.15, -0.1) is 0 Å². The van der Waals surface area contributed by atoms with E-state index >= 15 is 0 Å². The molecule has 110 valence electrons. The molecule has 21 heavy (non-hydrogen) atoms. The van der Waals surface area contributed by atoms with E-state index in [0.29, 0.717) is 17.4 Å². The van der Waals surface area contributed by atoms with Crippen LogP contribution in [0.25, 0.3) is 0 Å². The molecule has 0 radical (unpaired) electrons. The normalized spacial score (nSPS) is 10.2. The van der Waals surface area contributed by atoms with Crippen molar-refractivity contribution in [2.24, 2.45) is 0 Å². The molecular formula is C15H15ClN2O3. The van der Waals surface area contributed by atoms with Crippen molar-refractivity contribution in [1.82, 2.24) is 4.98 Å². The largest absolute Gasteiger partial charge is 0.481 e. The first-order valence-corrected chi connectivity index (χ1v) is 6.67. The van der Waals surface area contributed by atoms with Gasteiger partial charge in [-0.05, 0) is 23.8 Å². The molecule has 0 spiro atoms. The summed E-state index contributed by atoms with van der Waals surface area (Å²) in [6.07, 6.45) is 1.66. The summed E-state index contributed by atoms with van der Waals surface area (Å²) in [5.41, 5.74) is 1.64. The van der Waals surface area contributed by atoms with Crippen LogP contribution >= 0.6 is 11.6 Å². The zero-order valence-corrected chi connectivity index (χ0v) is 12.2. The predicted octanol–water partition coefficient (Wildman–Crippen LogP) is 2.83. The van der Waals surface area contributed by atoms with Gasteiger partial charge in [0.05, 0.1) is 7.11 Å². The van der Waals surface area contributed by atoms with E-state index < -0.39 is 5.97 Å². The van der Waals surface area contributed by atoms with E-state index in [0.717, 1.165) is 11.3 Å². The van der Waals surface area contributed by atoms with Crippen molar-refractivity contribution in [2.75, 3.05) is 18.6 Å². The van der Waals surface area contributed by atoms with E-state index in [2.05, 4.69) is 4.98 Å². The molecule has 0 fully saturated rings. The van der Waals surface area contributed by atoms with E-state index in [1.807, 2.05) is 12.1 Å². The van der Waals surface area contributed by atoms with Crippen molar-refractivity contribution in [3.63, 3.8) is 0 Å². The average molecular weight is 307 g/mol. The lowest BCUT2D eigenvalue weighted by Crippen LogP contribution is -2.29. The van der Waals surface area contributed by atoms with Gasteiger partial charge in [-0.25, -0.2) is 4.98 Å². The number of aromatic nitrogens is 1. The third kappa shape index (κ3) is 4.36. The molecule has 1 aromatic heterocycles. The van der Waals surface area contributed by atoms with E-state index in [9.17, 15) is 4.79 Å². The Balaban J connectivity index is 2.21. The molecule has 0 aliphatic carbocycles. The molecule has 0 saturated carbocycles. The summed E-state index contributed by atoms with van der Waals surface area (Å²) < 4.78 is 5.00. The van der Waals surface area contributed by atoms with Gasteiger partial charge in [-0.3, -0.25) is 4.79 Å². The first-order valence-electron chi connectivity index (χ1n) is 6.29. The Labute approximate surface area is 127 Å². The smallest absolute Gasteiger partial charge is 0.323 e. The maximum atomic E-state index is 11.0. The van der Waals surface area contributed by atoms with Gasteiger partial charge >= 0.3 is 5.97 Å². The van der Waals surface area contributed by atoms with E-state index in [4.69, 9.17) is 21.4 Å². The molecule has 2 aromatic rings. The summed E-state index contributed by atoms with van der Waals surface area (Å²) in [5.74, 6) is -0.386. The highest BCUT2D eigenvalue weighted by molar-refractivity contribution is 6.30. The number of hydrogen-bond donors (Lipinski definition) is 1. The average Bonchev–Trinajstić information content (AvgIpc) is 2.47. The minimum atomic E-state index is -0.906. The van der Waals surface area contributed by atoms with Gasteiger partial charge in [0.15, 0.2) is 0 Å². The monoisotopic (exact) mass is 306 g/mol. The van der Waals surface area contributed by atoms with Crippen LogP contribution in [0.4, 0.5) is 5.69 Å². The lowest BCUT2D eigenvalue weighted by Gasteiger charge is -2.23. The lowest BCUT2D eigenvalue weighted by atomic mass is 10.2. The summed E-state index contributed by atoms with van der Waals surface area (Å²) in [6, 6.07) is 10.7. The van der Waals surface area contributed by atoms with Crippen LogP contribution in [0, 0.1) is 0 Å². The molecule has 1 aromatic carbocycles. The third-order valence-electron chi connectivity index (χ3n) is 2.88. The van der Waals surface area contributed by atoms with Crippen LogP contribution in [0.2, 0.25) is 5.02 Å². The third-order valence-corrected chi connectivity index (χ3v) is 3.11. The molecule has 0 atom stereocenters. The summed E-state index contributed by atoms with van der Waals surface area (Å²) in [5, 5.41) is 9.63. The highest BCUT2D eigenvalue weighted by Crippen LogP contribution is 2.21. The number of rotatable bonds is 6. The summed E-state index contributed by atoms with van der Waals surface area (Å²) >= 11 is 5.97. The number of benzene rings is 1. The molecular weight excluding hydrogens is 292 g/mol. The fraction of sp³-hybridized carbons (Fsp3) is 0.200. The minimum absolute atomic E-state index is 0.119. The van der Waals surface area contributed by atoms with Crippen LogP contribution in [0.1, 0.15) is 5.56 Å². The quantitative estimate of drug-likeness (QED) is 0.889. The maximum Gasteiger partial charge on any atom is 0.323 e. The number of methoxy groups -OCH3 is 1. The Morgan fingerprint density at radius 1 is 1.38 bits per heavy atom. The van der Waals surface area contributed by atoms with Crippen molar-refractivity contribution in [3.05, 3.63) is 53.2 Å². The standard InChI is InChI=1S/C15H15ClN2O3/c1-21-14-6-5-11(8-17-14)9-18(10-15(19)20)13-4-2-3-12(16)7-13/h2-8H,9-10H2,1H3,(H,19,20). The number of carboxylic acids is 1. The zero-order valence-electron chi connectivity index (χ0n) is 11.5. The highest BCUT2D eigenvalue weighted by Gasteiger charge is 2.12. The Morgan fingerprint density at radius 2 is 2.19 bits per heavy atom. The number of carbonyl (C=O) groups is 1. The number of anilines is 1. The Bertz CT molecular complexity index is 617. The van der Waals surface area contributed by atoms with E-state index in [1.165, 1.54) is 0 Å². The van der Waals surface area contributed by atoms with Gasteiger partial charge in [-0.2, -0.15) is 0 Å². The summed E-state index contributed by atoms with van der Waals surface area (Å²) in [6.45, 7) is 0.302. The van der Waals surface area contributed by atoms with Crippen LogP contribution in [0.3, 0.4) is 0 Å². The first-order chi connectivity index (χ1) is 10.1. The van der Waals surface area contributed by atoms with Gasteiger partial charge in [0.25, 0.3) is 0 Å². The molecule has 0 aliphatic heterocycles. The Morgan fingerprint density at radius 3 is 2.76 bits per heavy atom. The van der Waals surface area contributed by atoms with Crippen molar-refractivity contribution in [1.29, 1.82) is 0 Å². The van der Waals surface area contributed by atoms with Gasteiger partial charge in [0, 0.05) is 29.5 Å². The molecule has 6 heteroatoms. The summed E-state index contributed by atoms with van der Waals surface area (Å²) in [4.78, 5) is 16.9. The number of pyridine rings is 1. The number of hydrogen-bond acceptors (Lipinski definition) is 4. The molecule has 0 aliphatic rings. The molecule has 0 saturated heterocycles. The maximum absolute atomic E-state index is 11.0. The van der Waals surface area contributed by atoms with Crippen molar-refractivity contribution in [3.8, 4) is 5.88 Å². The molecule has 1 heterocycles. The van der Waals surface area contributed by atoms with E-state index in [-0.39, 0.29) is 6.54 Å². The first kappa shape index (κ1) is 15.1. The van der Waals surface area contributed by atoms with Crippen LogP contribution in [-0.4, -0.2) is 29.7 Å². The second-order valence-corrected chi connectivity index (χ2v) is 4.87. The fourth-order valence-corrected chi connectivity index (χ4v) is 2.10. The number of nitrogens with zero attached hydrogens (tertiary/aromatic N) is 2. The number of halogens is 1. The topological polar surface area (TPSA) is 62.7 Å². The molecule has 0 bridgehead atoms. The molecule has 0 amide bonds. The van der Waals surface area contributed by atoms with Crippen LogP contribution in [0.5, 0.6) is 5.88 Å². The van der Waals surface area contributed by atoms with Gasteiger partial charge in [0.2, 0.25) is 5.88 Å². The lowest BCUT2D eigenvalue weighted by molar-refractivity contribution is -0.135. The van der Waals surface area contributed by atoms with Crippen LogP contribution < -0.4 is 9.64 Å². The Hall–Kier alpha value is -2.27. The van der Waals surface area contributed by atoms with Crippen molar-refractivity contribution >= 4 is 23.3 Å². The highest BCUT2D eigenvalue weighted by atomic mass is 35.5. The predicted molar refractivity (Wildman–Crippen MR) is 80.9 cm³/mol. The number of ether oxygens (including phenoxy) is 1. The fourth-order valence-electron chi connectivity index (χ4n) is 1.92. The molecule has 0 unspecified atom stereocenters. The van der Waals surface area contributed by atoms with E-state index in [1.54, 1.807) is 42.5 Å². The second kappa shape index (κ2) is 6.95. The van der Waals surface area contributed by atoms with Crippen molar-refractivity contribution in [2.45, 2.75) is 6.54 Å². The Kier molecular flexibility index (Phi) is 5.00. The van der Waals surface area contributed by atoms with Crippen LogP contribution in [0.15, 0.2) is 42.6 Å². The van der Waals surface area contributed by atoms with Crippen molar-refractivity contribution < 1.29 is 14.6 Å². The SMILES string of the molecule is COc1ccc(CN(CC(=O)O)c2cccc(Cl)c2)cn1. The van der Waals surface area contributed by atoms with Gasteiger partial charge < -0.3 is 14.7 Å². The number of carboxylic acid groups (broad SMARTS) is 1. The second-order valence-electron chi connectivity index (χ2n) is 4.44. The van der Waals surface area contributed by atoms with Gasteiger partial charge in [0.1, 0.15) is 6.54 Å².